The second-order valence-electron chi connectivity index (χ2n) is 13.8. The van der Waals surface area contributed by atoms with Crippen LogP contribution in [0.4, 0.5) is 69.1 Å². The van der Waals surface area contributed by atoms with E-state index in [9.17, 15) is 69.1 Å². The molecule has 0 nitrogen and oxygen atoms in total. The molecule has 0 saturated heterocycles. The molecule has 6 aromatic carbocycles. The predicted molar refractivity (Wildman–Crippen MR) is 272 cm³/mol. The summed E-state index contributed by atoms with van der Waals surface area (Å²) in [5.74, 6) is 0. The summed E-state index contributed by atoms with van der Waals surface area (Å²) >= 11 is 0. The van der Waals surface area contributed by atoms with E-state index in [4.69, 9.17) is 0 Å². The first kappa shape index (κ1) is 77.5. The molecule has 24 heteroatoms. The summed E-state index contributed by atoms with van der Waals surface area (Å²) in [4.78, 5) is 0. The molecule has 76 heavy (non-hydrogen) atoms. The van der Waals surface area contributed by atoms with Gasteiger partial charge in [-0.2, -0.15) is 0 Å². The van der Waals surface area contributed by atoms with E-state index >= 15 is 0 Å². The molecule has 0 bridgehead atoms. The first-order valence-corrected chi connectivity index (χ1v) is 21.1. The van der Waals surface area contributed by atoms with E-state index in [0.717, 1.165) is 0 Å². The maximum atomic E-state index is 9.75. The van der Waals surface area contributed by atoms with E-state index < -0.39 is 29.0 Å². The van der Waals surface area contributed by atoms with E-state index in [1.807, 2.05) is 72.8 Å². The van der Waals surface area contributed by atoms with Gasteiger partial charge < -0.3 is 69.1 Å². The molecule has 0 N–H and O–H groups in total. The fourth-order valence-corrected chi connectivity index (χ4v) is 5.19. The topological polar surface area (TPSA) is 0 Å². The molecular formula is C52H44B4F16Pd4-4. The van der Waals surface area contributed by atoms with Crippen LogP contribution in [0, 0.1) is 0 Å². The summed E-state index contributed by atoms with van der Waals surface area (Å²) in [6.45, 7) is 0. The molecular weight excluding hydrogens is 1400 g/mol. The molecule has 6 rings (SSSR count). The second kappa shape index (κ2) is 44.1. The zero-order valence-corrected chi connectivity index (χ0v) is 45.2. The summed E-state index contributed by atoms with van der Waals surface area (Å²) in [5, 5.41) is 0. The largest absolute Gasteiger partial charge is 0.673 e. The first-order valence-electron chi connectivity index (χ1n) is 21.1. The van der Waals surface area contributed by atoms with Crippen LogP contribution >= 0.6 is 0 Å². The molecule has 0 unspecified atom stereocenters. The van der Waals surface area contributed by atoms with Crippen LogP contribution in [0.3, 0.4) is 0 Å². The second-order valence-corrected chi connectivity index (χ2v) is 13.8. The van der Waals surface area contributed by atoms with Gasteiger partial charge in [0.05, 0.1) is 0 Å². The quantitative estimate of drug-likeness (QED) is 0.0651. The summed E-state index contributed by atoms with van der Waals surface area (Å²) in [5.41, 5.74) is 9.63. The third-order valence-corrected chi connectivity index (χ3v) is 7.89. The Morgan fingerprint density at radius 3 is 0.447 bits per heavy atom. The number of hydrogen-bond donors (Lipinski definition) is 0. The number of benzene rings is 6. The molecule has 0 saturated carbocycles. The predicted octanol–water partition coefficient (Wildman–Crippen LogP) is 19.5. The fourth-order valence-electron chi connectivity index (χ4n) is 5.19. The van der Waals surface area contributed by atoms with Crippen LogP contribution in [0.25, 0.3) is 48.6 Å². The van der Waals surface area contributed by atoms with Gasteiger partial charge in [0.25, 0.3) is 0 Å². The van der Waals surface area contributed by atoms with Crippen LogP contribution in [0.5, 0.6) is 0 Å². The third kappa shape index (κ3) is 53.8. The number of allylic oxidation sites excluding steroid dienone is 8. The Balaban J connectivity index is -0.000000484. The van der Waals surface area contributed by atoms with Gasteiger partial charge in [-0.15, -0.1) is 0 Å². The molecule has 0 radical (unpaired) electrons. The summed E-state index contributed by atoms with van der Waals surface area (Å²) in [7, 11) is -24.0. The molecule has 6 aromatic rings. The minimum Gasteiger partial charge on any atom is -0.418 e. The van der Waals surface area contributed by atoms with Gasteiger partial charge in [0.15, 0.2) is 0 Å². The standard InChI is InChI=1S/2C26H22.4BF4.4Pd/c2*1-3-13-23(14-4-1)17-7-9-19-25-21-11-12-22-26(25)20-10-8-18-24-15-5-2-6-16-24;4*2-1(3,4)5;;;;/h2*1-22H;;;;;;;;/q;;4*-1;;;;/b2*17-7+,18-8+,19-9+,20-10+;;;;;;;;. The molecule has 0 aliphatic carbocycles. The van der Waals surface area contributed by atoms with Crippen LogP contribution in [-0.2, 0) is 81.7 Å². The molecule has 0 aromatic heterocycles. The van der Waals surface area contributed by atoms with Crippen LogP contribution in [0.15, 0.2) is 218 Å². The van der Waals surface area contributed by atoms with E-state index in [-0.39, 0.29) is 81.7 Å². The van der Waals surface area contributed by atoms with Gasteiger partial charge >= 0.3 is 29.0 Å². The summed E-state index contributed by atoms with van der Waals surface area (Å²) in [6, 6.07) is 58.1. The number of halogens is 16. The van der Waals surface area contributed by atoms with E-state index in [2.05, 4.69) is 194 Å². The van der Waals surface area contributed by atoms with Gasteiger partial charge in [-0.05, 0) is 44.5 Å². The normalized spacial score (nSPS) is 11.4. The van der Waals surface area contributed by atoms with Crippen LogP contribution in [0.2, 0.25) is 0 Å². The Morgan fingerprint density at radius 1 is 0.184 bits per heavy atom. The number of rotatable bonds is 12. The Hall–Kier alpha value is -4.97. The Kier molecular flexibility index (Phi) is 44.9. The first-order chi connectivity index (χ1) is 33.8. The average molecular weight is 1440 g/mol. The van der Waals surface area contributed by atoms with Crippen molar-refractivity contribution in [3.8, 4) is 0 Å². The van der Waals surface area contributed by atoms with Crippen molar-refractivity contribution in [2.45, 2.75) is 0 Å². The van der Waals surface area contributed by atoms with E-state index in [0.29, 0.717) is 0 Å². The molecule has 420 valence electrons. The Bertz CT molecular complexity index is 2240. The number of hydrogen-bond acceptors (Lipinski definition) is 0. The molecule has 0 heterocycles. The SMILES string of the molecule is C(/C=C/c1ccccc1/C=C/C=C/c1ccccc1)=C\c1ccccc1.C(/C=C/c1ccccc1/C=C/C=C/c1ccccc1)=C\c1ccccc1.F[B-](F)(F)F.F[B-](F)(F)F.F[B-](F)(F)F.F[B-](F)(F)F.[Pd].[Pd].[Pd].[Pd]. The summed E-state index contributed by atoms with van der Waals surface area (Å²) in [6.07, 6.45) is 33.6. The van der Waals surface area contributed by atoms with Crippen molar-refractivity contribution < 1.29 is 151 Å². The van der Waals surface area contributed by atoms with Crippen molar-refractivity contribution >= 4 is 77.6 Å². The third-order valence-electron chi connectivity index (χ3n) is 7.89. The minimum absolute atomic E-state index is 0. The van der Waals surface area contributed by atoms with Crippen LogP contribution in [0.1, 0.15) is 44.5 Å². The zero-order chi connectivity index (χ0) is 53.7. The van der Waals surface area contributed by atoms with Crippen molar-refractivity contribution in [1.29, 1.82) is 0 Å². The van der Waals surface area contributed by atoms with Crippen molar-refractivity contribution in [3.63, 3.8) is 0 Å². The van der Waals surface area contributed by atoms with Crippen molar-refractivity contribution in [2.75, 3.05) is 0 Å². The smallest absolute Gasteiger partial charge is 0.418 e. The maximum Gasteiger partial charge on any atom is 0.673 e. The van der Waals surface area contributed by atoms with Gasteiger partial charge in [0, 0.05) is 81.7 Å². The Labute approximate surface area is 487 Å². The summed E-state index contributed by atoms with van der Waals surface area (Å²) < 4.78 is 156. The molecule has 0 fully saturated rings. The van der Waals surface area contributed by atoms with Crippen LogP contribution in [-0.4, -0.2) is 29.0 Å². The Morgan fingerprint density at radius 2 is 0.303 bits per heavy atom. The molecule has 0 spiro atoms. The van der Waals surface area contributed by atoms with E-state index in [1.54, 1.807) is 0 Å². The van der Waals surface area contributed by atoms with Gasteiger partial charge in [-0.25, -0.2) is 0 Å². The van der Waals surface area contributed by atoms with Crippen molar-refractivity contribution in [3.05, 3.63) is 263 Å². The zero-order valence-electron chi connectivity index (χ0n) is 39.0. The monoisotopic (exact) mass is 1440 g/mol. The van der Waals surface area contributed by atoms with Crippen LogP contribution < -0.4 is 0 Å². The maximum absolute atomic E-state index is 9.75. The average Bonchev–Trinajstić information content (AvgIpc) is 3.30. The molecule has 0 aliphatic heterocycles. The molecule has 0 amide bonds. The van der Waals surface area contributed by atoms with E-state index in [1.165, 1.54) is 44.5 Å². The fraction of sp³-hybridized carbons (Fsp3) is 0. The molecule has 0 aliphatic rings. The van der Waals surface area contributed by atoms with Gasteiger partial charge in [0.1, 0.15) is 0 Å². The van der Waals surface area contributed by atoms with Gasteiger partial charge in [-0.3, -0.25) is 0 Å². The van der Waals surface area contributed by atoms with Crippen molar-refractivity contribution in [1.82, 2.24) is 0 Å². The van der Waals surface area contributed by atoms with Gasteiger partial charge in [0.2, 0.25) is 0 Å². The van der Waals surface area contributed by atoms with Gasteiger partial charge in [-0.1, -0.05) is 267 Å². The molecule has 0 atom stereocenters. The minimum atomic E-state index is -6.00. The van der Waals surface area contributed by atoms with Crippen molar-refractivity contribution in [2.24, 2.45) is 0 Å².